The molecule has 2 atom stereocenters. The summed E-state index contributed by atoms with van der Waals surface area (Å²) in [6, 6.07) is 6.77. The molecule has 32 heavy (non-hydrogen) atoms. The van der Waals surface area contributed by atoms with Gasteiger partial charge in [0.15, 0.2) is 6.04 Å². The maximum absolute atomic E-state index is 13.9. The van der Waals surface area contributed by atoms with Crippen molar-refractivity contribution in [1.82, 2.24) is 15.1 Å². The summed E-state index contributed by atoms with van der Waals surface area (Å²) in [4.78, 5) is 13.4. The first-order chi connectivity index (χ1) is 15.3. The Hall–Kier alpha value is -2.51. The molecule has 0 spiro atoms. The van der Waals surface area contributed by atoms with Crippen molar-refractivity contribution < 1.29 is 18.0 Å². The van der Waals surface area contributed by atoms with Crippen molar-refractivity contribution in [1.29, 1.82) is 0 Å². The molecule has 1 aromatic heterocycles. The summed E-state index contributed by atoms with van der Waals surface area (Å²) < 4.78 is 42.7. The topological polar surface area (TPSA) is 59.0 Å². The number of nitrogens with one attached hydrogen (secondary N) is 2. The minimum atomic E-state index is -4.45. The number of hydrogen-bond acceptors (Lipinski definition) is 3. The van der Waals surface area contributed by atoms with Crippen molar-refractivity contribution in [3.63, 3.8) is 0 Å². The molecule has 4 fully saturated rings. The molecule has 5 aliphatic rings. The van der Waals surface area contributed by atoms with Crippen LogP contribution < -0.4 is 10.6 Å². The van der Waals surface area contributed by atoms with Crippen LogP contribution in [0.2, 0.25) is 0 Å². The molecular formula is C24H27F3N4O. The Labute approximate surface area is 184 Å². The zero-order valence-corrected chi connectivity index (χ0v) is 17.7. The van der Waals surface area contributed by atoms with E-state index < -0.39 is 18.3 Å². The summed E-state index contributed by atoms with van der Waals surface area (Å²) in [6.45, 7) is 0. The second kappa shape index (κ2) is 6.99. The van der Waals surface area contributed by atoms with Crippen LogP contribution in [-0.2, 0) is 0 Å². The molecule has 8 heteroatoms. The van der Waals surface area contributed by atoms with Gasteiger partial charge in [-0.15, -0.1) is 0 Å². The van der Waals surface area contributed by atoms with Crippen LogP contribution in [0.4, 0.5) is 19.0 Å². The Morgan fingerprint density at radius 2 is 1.66 bits per heavy atom. The van der Waals surface area contributed by atoms with Gasteiger partial charge < -0.3 is 10.6 Å². The second-order valence-electron chi connectivity index (χ2n) is 10.4. The molecule has 1 aliphatic heterocycles. The van der Waals surface area contributed by atoms with Gasteiger partial charge in [0, 0.05) is 12.0 Å². The summed E-state index contributed by atoms with van der Waals surface area (Å²) in [7, 11) is 0. The van der Waals surface area contributed by atoms with E-state index in [1.54, 1.807) is 0 Å². The number of benzene rings is 1. The van der Waals surface area contributed by atoms with Gasteiger partial charge in [-0.2, -0.15) is 18.3 Å². The van der Waals surface area contributed by atoms with E-state index >= 15 is 0 Å². The first-order valence-corrected chi connectivity index (χ1v) is 11.6. The van der Waals surface area contributed by atoms with Crippen molar-refractivity contribution in [2.75, 3.05) is 5.32 Å². The number of amides is 1. The molecule has 1 amide bonds. The number of aromatic nitrogens is 2. The number of anilines is 1. The number of nitrogens with zero attached hydrogens (tertiary/aromatic N) is 2. The fourth-order valence-electron chi connectivity index (χ4n) is 7.20. The van der Waals surface area contributed by atoms with Gasteiger partial charge in [0.25, 0.3) is 5.91 Å². The monoisotopic (exact) mass is 444 g/mol. The van der Waals surface area contributed by atoms with Crippen molar-refractivity contribution >= 4 is 11.7 Å². The van der Waals surface area contributed by atoms with Crippen LogP contribution in [0.25, 0.3) is 0 Å². The molecule has 170 valence electrons. The van der Waals surface area contributed by atoms with E-state index in [9.17, 15) is 18.0 Å². The Bertz CT molecular complexity index is 996. The third kappa shape index (κ3) is 3.30. The fraction of sp³-hybridized carbons (Fsp3) is 0.583. The first kappa shape index (κ1) is 20.1. The zero-order valence-electron chi connectivity index (χ0n) is 17.7. The van der Waals surface area contributed by atoms with Crippen molar-refractivity contribution in [2.45, 2.75) is 68.7 Å². The van der Waals surface area contributed by atoms with Crippen LogP contribution in [0.1, 0.15) is 73.0 Å². The summed E-state index contributed by atoms with van der Waals surface area (Å²) in [5, 5.41) is 10.5. The minimum absolute atomic E-state index is 0.162. The number of hydrogen-bond donors (Lipinski definition) is 2. The lowest BCUT2D eigenvalue weighted by molar-refractivity contribution is -0.173. The fourth-order valence-corrected chi connectivity index (χ4v) is 7.20. The van der Waals surface area contributed by atoms with Gasteiger partial charge in [0.05, 0.1) is 12.2 Å². The molecule has 4 bridgehead atoms. The van der Waals surface area contributed by atoms with Gasteiger partial charge in [-0.1, -0.05) is 30.3 Å². The molecular weight excluding hydrogens is 417 g/mol. The quantitative estimate of drug-likeness (QED) is 0.681. The molecule has 0 unspecified atom stereocenters. The number of carbonyl (C=O) groups is 1. The predicted octanol–water partition coefficient (Wildman–Crippen LogP) is 5.24. The molecule has 7 rings (SSSR count). The first-order valence-electron chi connectivity index (χ1n) is 11.6. The highest BCUT2D eigenvalue weighted by Crippen LogP contribution is 2.55. The van der Waals surface area contributed by atoms with E-state index in [0.717, 1.165) is 29.5 Å². The molecule has 5 nitrogen and oxygen atoms in total. The van der Waals surface area contributed by atoms with Crippen molar-refractivity contribution in [3.8, 4) is 0 Å². The maximum Gasteiger partial charge on any atom is 0.410 e. The Morgan fingerprint density at radius 3 is 2.25 bits per heavy atom. The third-order valence-electron chi connectivity index (χ3n) is 8.10. The van der Waals surface area contributed by atoms with Crippen LogP contribution >= 0.6 is 0 Å². The number of carbonyl (C=O) groups excluding carboxylic acids is 1. The summed E-state index contributed by atoms with van der Waals surface area (Å²) in [5.41, 5.74) is 0.759. The van der Waals surface area contributed by atoms with Crippen LogP contribution in [0.5, 0.6) is 0 Å². The van der Waals surface area contributed by atoms with E-state index in [4.69, 9.17) is 0 Å². The second-order valence-corrected chi connectivity index (χ2v) is 10.4. The lowest BCUT2D eigenvalue weighted by Gasteiger charge is -2.56. The highest BCUT2D eigenvalue weighted by molar-refractivity contribution is 5.99. The van der Waals surface area contributed by atoms with Crippen LogP contribution in [0.15, 0.2) is 36.5 Å². The van der Waals surface area contributed by atoms with Crippen molar-refractivity contribution in [3.05, 3.63) is 47.7 Å². The zero-order chi connectivity index (χ0) is 22.1. The van der Waals surface area contributed by atoms with E-state index in [2.05, 4.69) is 15.7 Å². The lowest BCUT2D eigenvalue weighted by atomic mass is 9.53. The van der Waals surface area contributed by atoms with Gasteiger partial charge >= 0.3 is 6.18 Å². The largest absolute Gasteiger partial charge is 0.410 e. The van der Waals surface area contributed by atoms with Crippen molar-refractivity contribution in [2.24, 2.45) is 17.8 Å². The number of alkyl halides is 3. The Balaban J connectivity index is 1.31. The average molecular weight is 445 g/mol. The molecule has 2 N–H and O–H groups in total. The summed E-state index contributed by atoms with van der Waals surface area (Å²) in [6.07, 6.45) is 3.40. The Morgan fingerprint density at radius 1 is 1.03 bits per heavy atom. The lowest BCUT2D eigenvalue weighted by Crippen LogP contribution is -2.59. The average Bonchev–Trinajstić information content (AvgIpc) is 3.15. The standard InChI is InChI=1S/C24H27F3N4O/c25-24(26,27)20-9-19(17-4-2-1-3-5-17)29-21-18(13-28-31(20)21)22(32)30-23-10-14-6-15(11-23)8-16(7-14)12-23/h1-5,13-16,19-20,29H,6-12H2,(H,30,32)/t14?,15?,16?,19-,20-,23?/m0/s1. The normalized spacial score (nSPS) is 35.3. The number of fused-ring (bicyclic) bond motifs is 1. The van der Waals surface area contributed by atoms with Crippen LogP contribution in [0, 0.1) is 17.8 Å². The van der Waals surface area contributed by atoms with E-state index in [1.165, 1.54) is 25.5 Å². The van der Waals surface area contributed by atoms with E-state index in [0.29, 0.717) is 17.8 Å². The maximum atomic E-state index is 13.9. The van der Waals surface area contributed by atoms with Gasteiger partial charge in [-0.3, -0.25) is 4.79 Å². The minimum Gasteiger partial charge on any atom is -0.363 e. The molecule has 1 aromatic carbocycles. The molecule has 4 saturated carbocycles. The van der Waals surface area contributed by atoms with E-state index in [1.807, 2.05) is 30.3 Å². The van der Waals surface area contributed by atoms with Crippen LogP contribution in [0.3, 0.4) is 0 Å². The van der Waals surface area contributed by atoms with Gasteiger partial charge in [-0.25, -0.2) is 4.68 Å². The molecule has 0 radical (unpaired) electrons. The SMILES string of the molecule is O=C(NC12CC3CC(CC(C3)C1)C2)c1cnn2c1N[C@H](c1ccccc1)C[C@H]2C(F)(F)F. The molecule has 2 heterocycles. The Kier molecular flexibility index (Phi) is 4.40. The van der Waals surface area contributed by atoms with Gasteiger partial charge in [0.2, 0.25) is 0 Å². The highest BCUT2D eigenvalue weighted by atomic mass is 19.4. The number of halogens is 3. The predicted molar refractivity (Wildman–Crippen MR) is 113 cm³/mol. The molecule has 4 aliphatic carbocycles. The molecule has 2 aromatic rings. The van der Waals surface area contributed by atoms with Gasteiger partial charge in [0.1, 0.15) is 11.4 Å². The highest BCUT2D eigenvalue weighted by Gasteiger charge is 2.52. The summed E-state index contributed by atoms with van der Waals surface area (Å²) >= 11 is 0. The van der Waals surface area contributed by atoms with Gasteiger partial charge in [-0.05, 0) is 61.8 Å². The molecule has 0 saturated heterocycles. The third-order valence-corrected chi connectivity index (χ3v) is 8.10. The number of rotatable bonds is 3. The smallest absolute Gasteiger partial charge is 0.363 e. The summed E-state index contributed by atoms with van der Waals surface area (Å²) in [5.74, 6) is 1.85. The van der Waals surface area contributed by atoms with Crippen LogP contribution in [-0.4, -0.2) is 27.4 Å². The van der Waals surface area contributed by atoms with E-state index in [-0.39, 0.29) is 29.2 Å².